The maximum Gasteiger partial charge on any atom is 0.276 e. The Balaban J connectivity index is 1.66. The summed E-state index contributed by atoms with van der Waals surface area (Å²) in [4.78, 5) is 14.2. The van der Waals surface area contributed by atoms with Crippen LogP contribution < -0.4 is 14.8 Å². The Morgan fingerprint density at radius 2 is 2.00 bits per heavy atom. The number of amides is 1. The van der Waals surface area contributed by atoms with Crippen LogP contribution in [-0.4, -0.2) is 29.9 Å². The Hall–Kier alpha value is -2.80. The Labute approximate surface area is 155 Å². The lowest BCUT2D eigenvalue weighted by Crippen LogP contribution is -2.15. The van der Waals surface area contributed by atoms with Crippen molar-refractivity contribution < 1.29 is 14.3 Å². The lowest BCUT2D eigenvalue weighted by molar-refractivity contribution is 0.102. The van der Waals surface area contributed by atoms with E-state index < -0.39 is 0 Å². The van der Waals surface area contributed by atoms with Gasteiger partial charge >= 0.3 is 0 Å². The highest BCUT2D eigenvalue weighted by atomic mass is 32.1. The zero-order chi connectivity index (χ0) is 18.3. The maximum atomic E-state index is 12.8. The van der Waals surface area contributed by atoms with Crippen LogP contribution in [0.2, 0.25) is 0 Å². The van der Waals surface area contributed by atoms with Gasteiger partial charge in [0.2, 0.25) is 0 Å². The van der Waals surface area contributed by atoms with E-state index in [1.807, 2.05) is 11.7 Å². The molecule has 6 nitrogen and oxygen atoms in total. The van der Waals surface area contributed by atoms with Gasteiger partial charge < -0.3 is 14.8 Å². The molecule has 4 rings (SSSR count). The van der Waals surface area contributed by atoms with Gasteiger partial charge in [-0.25, -0.2) is 0 Å². The summed E-state index contributed by atoms with van der Waals surface area (Å²) in [5.74, 6) is 0.967. The first kappa shape index (κ1) is 16.7. The number of carbonyl (C=O) groups is 1. The van der Waals surface area contributed by atoms with Crippen LogP contribution >= 0.6 is 11.3 Å². The van der Waals surface area contributed by atoms with Gasteiger partial charge in [0.1, 0.15) is 0 Å². The molecule has 2 heterocycles. The molecule has 0 radical (unpaired) electrons. The minimum absolute atomic E-state index is 0.215. The van der Waals surface area contributed by atoms with Crippen molar-refractivity contribution in [3.63, 3.8) is 0 Å². The first-order chi connectivity index (χ1) is 12.6. The fraction of sp³-hybridized carbons (Fsp3) is 0.263. The summed E-state index contributed by atoms with van der Waals surface area (Å²) in [5, 5.41) is 9.51. The number of nitrogens with zero attached hydrogens (tertiary/aromatic N) is 2. The smallest absolute Gasteiger partial charge is 0.276 e. The van der Waals surface area contributed by atoms with Crippen LogP contribution in [-0.2, 0) is 19.9 Å². The molecule has 26 heavy (non-hydrogen) atoms. The molecular weight excluding hydrogens is 350 g/mol. The number of anilines is 1. The van der Waals surface area contributed by atoms with Crippen LogP contribution in [0.15, 0.2) is 29.6 Å². The largest absolute Gasteiger partial charge is 0.493 e. The lowest BCUT2D eigenvalue weighted by Gasteiger charge is -2.14. The fourth-order valence-electron chi connectivity index (χ4n) is 3.41. The van der Waals surface area contributed by atoms with Crippen LogP contribution in [0.4, 0.5) is 5.69 Å². The standard InChI is InChI=1S/C19H19N3O3S/c1-22-18-12-8-9-26-16(12)7-5-13(18)17(21-22)19(23)20-11-4-6-14(24-2)15(10-11)25-3/h4,6,8-10H,5,7H2,1-3H3,(H,20,23). The number of aromatic nitrogens is 2. The van der Waals surface area contributed by atoms with E-state index in [4.69, 9.17) is 9.47 Å². The molecule has 0 aliphatic heterocycles. The summed E-state index contributed by atoms with van der Waals surface area (Å²) < 4.78 is 12.3. The number of thiophene rings is 1. The summed E-state index contributed by atoms with van der Waals surface area (Å²) >= 11 is 1.76. The van der Waals surface area contributed by atoms with Crippen molar-refractivity contribution in [2.75, 3.05) is 19.5 Å². The van der Waals surface area contributed by atoms with E-state index in [9.17, 15) is 4.79 Å². The van der Waals surface area contributed by atoms with Crippen LogP contribution in [0.1, 0.15) is 20.9 Å². The topological polar surface area (TPSA) is 65.4 Å². The molecule has 0 saturated heterocycles. The van der Waals surface area contributed by atoms with E-state index >= 15 is 0 Å². The van der Waals surface area contributed by atoms with Crippen molar-refractivity contribution in [2.24, 2.45) is 7.05 Å². The van der Waals surface area contributed by atoms with Crippen molar-refractivity contribution in [3.05, 3.63) is 45.8 Å². The second-order valence-electron chi connectivity index (χ2n) is 6.08. The molecule has 0 fully saturated rings. The van der Waals surface area contributed by atoms with E-state index in [-0.39, 0.29) is 5.91 Å². The molecule has 1 N–H and O–H groups in total. The molecule has 0 unspecified atom stereocenters. The van der Waals surface area contributed by atoms with E-state index in [1.54, 1.807) is 43.8 Å². The second-order valence-corrected chi connectivity index (χ2v) is 7.08. The average Bonchev–Trinajstić information content (AvgIpc) is 3.25. The van der Waals surface area contributed by atoms with Gasteiger partial charge in [-0.2, -0.15) is 5.10 Å². The number of benzene rings is 1. The third kappa shape index (κ3) is 2.64. The molecule has 2 aromatic heterocycles. The Bertz CT molecular complexity index is 990. The van der Waals surface area contributed by atoms with Crippen molar-refractivity contribution in [1.29, 1.82) is 0 Å². The predicted octanol–water partition coefficient (Wildman–Crippen LogP) is 3.52. The number of carbonyl (C=O) groups excluding carboxylic acids is 1. The molecule has 1 aliphatic carbocycles. The van der Waals surface area contributed by atoms with Crippen molar-refractivity contribution in [3.8, 4) is 22.8 Å². The number of methoxy groups -OCH3 is 2. The van der Waals surface area contributed by atoms with E-state index in [0.717, 1.165) is 24.1 Å². The van der Waals surface area contributed by atoms with Gasteiger partial charge in [0.25, 0.3) is 5.91 Å². The summed E-state index contributed by atoms with van der Waals surface area (Å²) in [5.41, 5.74) is 4.37. The SMILES string of the molecule is COc1ccc(NC(=O)c2nn(C)c3c2CCc2sccc2-3)cc1OC. The summed E-state index contributed by atoms with van der Waals surface area (Å²) in [6, 6.07) is 7.39. The predicted molar refractivity (Wildman–Crippen MR) is 101 cm³/mol. The van der Waals surface area contributed by atoms with E-state index in [2.05, 4.69) is 21.9 Å². The minimum Gasteiger partial charge on any atom is -0.493 e. The number of aryl methyl sites for hydroxylation is 2. The summed E-state index contributed by atoms with van der Waals surface area (Å²) in [6.07, 6.45) is 1.77. The Morgan fingerprint density at radius 3 is 2.77 bits per heavy atom. The van der Waals surface area contributed by atoms with Crippen LogP contribution in [0.3, 0.4) is 0 Å². The zero-order valence-electron chi connectivity index (χ0n) is 14.8. The van der Waals surface area contributed by atoms with Gasteiger partial charge in [0.15, 0.2) is 17.2 Å². The molecular formula is C19H19N3O3S. The third-order valence-corrected chi connectivity index (χ3v) is 5.59. The molecule has 134 valence electrons. The van der Waals surface area contributed by atoms with Crippen molar-refractivity contribution in [1.82, 2.24) is 9.78 Å². The molecule has 1 amide bonds. The van der Waals surface area contributed by atoms with Gasteiger partial charge in [-0.05, 0) is 36.4 Å². The van der Waals surface area contributed by atoms with E-state index in [1.165, 1.54) is 10.4 Å². The first-order valence-electron chi connectivity index (χ1n) is 8.28. The minimum atomic E-state index is -0.215. The quantitative estimate of drug-likeness (QED) is 0.764. The van der Waals surface area contributed by atoms with Crippen LogP contribution in [0.25, 0.3) is 11.3 Å². The van der Waals surface area contributed by atoms with Gasteiger partial charge in [0.05, 0.1) is 19.9 Å². The Kier molecular flexibility index (Phi) is 4.16. The number of hydrogen-bond donors (Lipinski definition) is 1. The molecule has 0 bridgehead atoms. The number of rotatable bonds is 4. The zero-order valence-corrected chi connectivity index (χ0v) is 15.6. The second kappa shape index (κ2) is 6.49. The normalized spacial score (nSPS) is 12.3. The van der Waals surface area contributed by atoms with Crippen LogP contribution in [0, 0.1) is 0 Å². The van der Waals surface area contributed by atoms with Crippen LogP contribution in [0.5, 0.6) is 11.5 Å². The van der Waals surface area contributed by atoms with Gasteiger partial charge in [-0.1, -0.05) is 0 Å². The monoisotopic (exact) mass is 369 g/mol. The molecule has 7 heteroatoms. The highest BCUT2D eigenvalue weighted by molar-refractivity contribution is 7.10. The highest BCUT2D eigenvalue weighted by Gasteiger charge is 2.28. The first-order valence-corrected chi connectivity index (χ1v) is 9.16. The van der Waals surface area contributed by atoms with Crippen molar-refractivity contribution in [2.45, 2.75) is 12.8 Å². The number of ether oxygens (including phenoxy) is 2. The average molecular weight is 369 g/mol. The summed E-state index contributed by atoms with van der Waals surface area (Å²) in [7, 11) is 5.03. The van der Waals surface area contributed by atoms with Gasteiger partial charge in [-0.15, -0.1) is 11.3 Å². The molecule has 0 spiro atoms. The molecule has 3 aromatic rings. The Morgan fingerprint density at radius 1 is 1.19 bits per heavy atom. The van der Waals surface area contributed by atoms with Crippen molar-refractivity contribution >= 4 is 22.9 Å². The molecule has 0 atom stereocenters. The van der Waals surface area contributed by atoms with Gasteiger partial charge in [-0.3, -0.25) is 9.48 Å². The number of hydrogen-bond acceptors (Lipinski definition) is 5. The maximum absolute atomic E-state index is 12.8. The molecule has 1 aliphatic rings. The fourth-order valence-corrected chi connectivity index (χ4v) is 4.29. The molecule has 0 saturated carbocycles. The third-order valence-electron chi connectivity index (χ3n) is 4.60. The van der Waals surface area contributed by atoms with E-state index in [0.29, 0.717) is 22.9 Å². The highest BCUT2D eigenvalue weighted by Crippen LogP contribution is 2.38. The summed E-state index contributed by atoms with van der Waals surface area (Å²) in [6.45, 7) is 0. The molecule has 1 aromatic carbocycles. The number of nitrogens with one attached hydrogen (secondary N) is 1. The number of fused-ring (bicyclic) bond motifs is 3. The lowest BCUT2D eigenvalue weighted by atomic mass is 9.94. The van der Waals surface area contributed by atoms with Gasteiger partial charge in [0, 0.05) is 34.8 Å².